The van der Waals surface area contributed by atoms with Gasteiger partial charge in [-0.25, -0.2) is 13.1 Å². The summed E-state index contributed by atoms with van der Waals surface area (Å²) in [5, 5.41) is 18.6. The Balaban J connectivity index is 1.76. The van der Waals surface area contributed by atoms with Crippen molar-refractivity contribution in [1.82, 2.24) is 20.3 Å². The summed E-state index contributed by atoms with van der Waals surface area (Å²) in [5.41, 5.74) is 0.448. The number of hydrogen-bond donors (Lipinski definition) is 2. The van der Waals surface area contributed by atoms with E-state index in [1.807, 2.05) is 0 Å². The van der Waals surface area contributed by atoms with Crippen molar-refractivity contribution in [3.8, 4) is 0 Å². The maximum Gasteiger partial charge on any atom is 0.325 e. The number of amides is 1. The normalized spacial score (nSPS) is 20.3. The molecule has 0 radical (unpaired) electrons. The van der Waals surface area contributed by atoms with E-state index in [-0.39, 0.29) is 42.8 Å². The number of hydrogen-bond acceptors (Lipinski definition) is 6. The molecule has 1 saturated heterocycles. The molecule has 21 heavy (non-hydrogen) atoms. The molecule has 1 aromatic heterocycles. The molecule has 2 rings (SSSR count). The van der Waals surface area contributed by atoms with Gasteiger partial charge < -0.3 is 10.4 Å². The lowest BCUT2D eigenvalue weighted by molar-refractivity contribution is -0.138. The highest BCUT2D eigenvalue weighted by atomic mass is 32.2. The fourth-order valence-corrected chi connectivity index (χ4v) is 4.05. The van der Waals surface area contributed by atoms with Gasteiger partial charge in [0, 0.05) is 6.42 Å². The van der Waals surface area contributed by atoms with Crippen molar-refractivity contribution in [2.75, 3.05) is 11.5 Å². The van der Waals surface area contributed by atoms with Crippen LogP contribution in [0.1, 0.15) is 18.5 Å². The Hall–Kier alpha value is -1.97. The summed E-state index contributed by atoms with van der Waals surface area (Å²) >= 11 is 0. The molecule has 0 saturated carbocycles. The van der Waals surface area contributed by atoms with Gasteiger partial charge in [-0.05, 0) is 12.3 Å². The first-order valence-electron chi connectivity index (χ1n) is 6.42. The summed E-state index contributed by atoms with van der Waals surface area (Å²) in [6.45, 7) is -0.154. The average molecular weight is 316 g/mol. The molecule has 10 heteroatoms. The van der Waals surface area contributed by atoms with Crippen LogP contribution in [0.3, 0.4) is 0 Å². The highest BCUT2D eigenvalue weighted by Crippen LogP contribution is 2.21. The molecule has 1 unspecified atom stereocenters. The van der Waals surface area contributed by atoms with Crippen LogP contribution in [0.25, 0.3) is 0 Å². The van der Waals surface area contributed by atoms with E-state index >= 15 is 0 Å². The summed E-state index contributed by atoms with van der Waals surface area (Å²) in [6, 6.07) is 0. The molecular weight excluding hydrogens is 300 g/mol. The number of rotatable bonds is 6. The zero-order valence-corrected chi connectivity index (χ0v) is 12.0. The van der Waals surface area contributed by atoms with Crippen LogP contribution < -0.4 is 5.32 Å². The Bertz CT molecular complexity index is 639. The molecule has 1 aliphatic rings. The minimum absolute atomic E-state index is 0.0647. The average Bonchev–Trinajstić information content (AvgIpc) is 2.93. The molecule has 1 aliphatic heterocycles. The van der Waals surface area contributed by atoms with Gasteiger partial charge in [-0.1, -0.05) is 5.21 Å². The third-order valence-corrected chi connectivity index (χ3v) is 4.99. The highest BCUT2D eigenvalue weighted by molar-refractivity contribution is 7.91. The van der Waals surface area contributed by atoms with Gasteiger partial charge in [0.05, 0.1) is 24.2 Å². The molecule has 9 nitrogen and oxygen atoms in total. The van der Waals surface area contributed by atoms with Crippen molar-refractivity contribution in [2.45, 2.75) is 25.9 Å². The zero-order valence-electron chi connectivity index (χ0n) is 11.2. The SMILES string of the molecule is O=C(O)Cn1cc(CNC(=O)CC2CCS(=O)(=O)C2)nn1. The summed E-state index contributed by atoms with van der Waals surface area (Å²) in [4.78, 5) is 22.2. The van der Waals surface area contributed by atoms with Crippen LogP contribution in [0.4, 0.5) is 0 Å². The van der Waals surface area contributed by atoms with E-state index in [9.17, 15) is 18.0 Å². The molecule has 2 heterocycles. The Morgan fingerprint density at radius 1 is 1.48 bits per heavy atom. The Kier molecular flexibility index (Phi) is 4.56. The van der Waals surface area contributed by atoms with E-state index in [1.165, 1.54) is 6.20 Å². The first-order valence-corrected chi connectivity index (χ1v) is 8.24. The van der Waals surface area contributed by atoms with Crippen LogP contribution in [-0.2, 0) is 32.5 Å². The Morgan fingerprint density at radius 3 is 2.86 bits per heavy atom. The summed E-state index contributed by atoms with van der Waals surface area (Å²) in [6.07, 6.45) is 2.13. The van der Waals surface area contributed by atoms with Gasteiger partial charge in [-0.15, -0.1) is 5.10 Å². The molecule has 1 atom stereocenters. The van der Waals surface area contributed by atoms with Crippen LogP contribution in [-0.4, -0.2) is 51.9 Å². The molecule has 116 valence electrons. The number of nitrogens with zero attached hydrogens (tertiary/aromatic N) is 3. The number of carbonyl (C=O) groups is 2. The fourth-order valence-electron chi connectivity index (χ4n) is 2.19. The third-order valence-electron chi connectivity index (χ3n) is 3.15. The standard InChI is InChI=1S/C11H16N4O5S/c16-10(3-8-1-2-21(19,20)7-8)12-4-9-5-15(14-13-9)6-11(17)18/h5,8H,1-4,6-7H2,(H,12,16)(H,17,18). The number of aromatic nitrogens is 3. The smallest absolute Gasteiger partial charge is 0.325 e. The maximum absolute atomic E-state index is 11.7. The van der Waals surface area contributed by atoms with E-state index in [0.717, 1.165) is 4.68 Å². The fraction of sp³-hybridized carbons (Fsp3) is 0.636. The molecule has 2 N–H and O–H groups in total. The van der Waals surface area contributed by atoms with Crippen molar-refractivity contribution >= 4 is 21.7 Å². The minimum Gasteiger partial charge on any atom is -0.480 e. The number of nitrogens with one attached hydrogen (secondary N) is 1. The van der Waals surface area contributed by atoms with Gasteiger partial charge in [0.15, 0.2) is 9.84 Å². The second-order valence-electron chi connectivity index (χ2n) is 5.05. The maximum atomic E-state index is 11.7. The topological polar surface area (TPSA) is 131 Å². The molecule has 0 spiro atoms. The first kappa shape index (κ1) is 15.4. The van der Waals surface area contributed by atoms with E-state index in [2.05, 4.69) is 15.6 Å². The van der Waals surface area contributed by atoms with Crippen LogP contribution in [0.2, 0.25) is 0 Å². The number of aliphatic carboxylic acids is 1. The van der Waals surface area contributed by atoms with Crippen LogP contribution >= 0.6 is 0 Å². The molecule has 0 aliphatic carbocycles. The number of carboxylic acids is 1. The van der Waals surface area contributed by atoms with Gasteiger partial charge in [-0.3, -0.25) is 9.59 Å². The van der Waals surface area contributed by atoms with Crippen molar-refractivity contribution in [2.24, 2.45) is 5.92 Å². The van der Waals surface area contributed by atoms with Crippen molar-refractivity contribution in [1.29, 1.82) is 0 Å². The van der Waals surface area contributed by atoms with Gasteiger partial charge in [0.25, 0.3) is 0 Å². The third kappa shape index (κ3) is 4.81. The Morgan fingerprint density at radius 2 is 2.24 bits per heavy atom. The zero-order chi connectivity index (χ0) is 15.5. The van der Waals surface area contributed by atoms with E-state index in [4.69, 9.17) is 5.11 Å². The second kappa shape index (κ2) is 6.20. The van der Waals surface area contributed by atoms with Crippen LogP contribution in [0.5, 0.6) is 0 Å². The molecular formula is C11H16N4O5S. The molecule has 1 amide bonds. The number of carbonyl (C=O) groups excluding carboxylic acids is 1. The summed E-state index contributed by atoms with van der Waals surface area (Å²) in [7, 11) is -2.98. The summed E-state index contributed by atoms with van der Waals surface area (Å²) < 4.78 is 23.7. The predicted molar refractivity (Wildman–Crippen MR) is 70.9 cm³/mol. The van der Waals surface area contributed by atoms with Gasteiger partial charge >= 0.3 is 5.97 Å². The van der Waals surface area contributed by atoms with E-state index in [1.54, 1.807) is 0 Å². The van der Waals surface area contributed by atoms with Crippen LogP contribution in [0.15, 0.2) is 6.20 Å². The first-order chi connectivity index (χ1) is 9.84. The second-order valence-corrected chi connectivity index (χ2v) is 7.28. The number of sulfone groups is 1. The van der Waals surface area contributed by atoms with Crippen molar-refractivity contribution in [3.63, 3.8) is 0 Å². The van der Waals surface area contributed by atoms with Gasteiger partial charge in [0.2, 0.25) is 5.91 Å². The lowest BCUT2D eigenvalue weighted by atomic mass is 10.1. The largest absolute Gasteiger partial charge is 0.480 e. The lowest BCUT2D eigenvalue weighted by Gasteiger charge is -2.07. The van der Waals surface area contributed by atoms with E-state index in [0.29, 0.717) is 12.1 Å². The van der Waals surface area contributed by atoms with Gasteiger partial charge in [-0.2, -0.15) is 0 Å². The van der Waals surface area contributed by atoms with E-state index < -0.39 is 15.8 Å². The highest BCUT2D eigenvalue weighted by Gasteiger charge is 2.29. The van der Waals surface area contributed by atoms with Gasteiger partial charge in [0.1, 0.15) is 12.2 Å². The summed E-state index contributed by atoms with van der Waals surface area (Å²) in [5.74, 6) is -1.19. The lowest BCUT2D eigenvalue weighted by Crippen LogP contribution is -2.25. The van der Waals surface area contributed by atoms with Crippen molar-refractivity contribution < 1.29 is 23.1 Å². The Labute approximate surface area is 121 Å². The van der Waals surface area contributed by atoms with Crippen molar-refractivity contribution in [3.05, 3.63) is 11.9 Å². The quantitative estimate of drug-likeness (QED) is 0.674. The monoisotopic (exact) mass is 316 g/mol. The molecule has 1 fully saturated rings. The number of carboxylic acid groups (broad SMARTS) is 1. The predicted octanol–water partition coefficient (Wildman–Crippen LogP) is -1.20. The minimum atomic E-state index is -2.98. The molecule has 0 aromatic carbocycles. The molecule has 0 bridgehead atoms. The molecule has 1 aromatic rings. The van der Waals surface area contributed by atoms with Crippen LogP contribution in [0, 0.1) is 5.92 Å².